The van der Waals surface area contributed by atoms with Crippen LogP contribution in [0, 0.1) is 0 Å². The van der Waals surface area contributed by atoms with E-state index in [1.807, 2.05) is 6.92 Å². The zero-order valence-electron chi connectivity index (χ0n) is 13.4. The van der Waals surface area contributed by atoms with E-state index in [4.69, 9.17) is 0 Å². The standard InChI is InChI=1S/C16H34O3S/c1-3-5-7-8-9-10-11-12-13-15-16(14-6-4-2)20(17,18)19/h16H,3-15H2,1-2H3,(H,17,18,19). The number of hydrogen-bond acceptors (Lipinski definition) is 2. The molecule has 4 heteroatoms. The molecule has 0 bridgehead atoms. The van der Waals surface area contributed by atoms with E-state index in [0.29, 0.717) is 12.8 Å². The molecule has 1 atom stereocenters. The van der Waals surface area contributed by atoms with Crippen LogP contribution in [-0.2, 0) is 10.1 Å². The fourth-order valence-electron chi connectivity index (χ4n) is 2.56. The molecule has 0 aliphatic carbocycles. The Morgan fingerprint density at radius 3 is 1.55 bits per heavy atom. The van der Waals surface area contributed by atoms with Gasteiger partial charge in [0.1, 0.15) is 0 Å². The van der Waals surface area contributed by atoms with Crippen molar-refractivity contribution in [2.24, 2.45) is 0 Å². The van der Waals surface area contributed by atoms with Gasteiger partial charge in [-0.25, -0.2) is 0 Å². The van der Waals surface area contributed by atoms with Gasteiger partial charge in [-0.15, -0.1) is 0 Å². The first-order valence-corrected chi connectivity index (χ1v) is 9.99. The molecule has 0 heterocycles. The van der Waals surface area contributed by atoms with E-state index in [2.05, 4.69) is 6.92 Å². The molecule has 3 nitrogen and oxygen atoms in total. The average Bonchev–Trinajstić information content (AvgIpc) is 2.38. The van der Waals surface area contributed by atoms with E-state index >= 15 is 0 Å². The topological polar surface area (TPSA) is 54.4 Å². The number of hydrogen-bond donors (Lipinski definition) is 1. The molecule has 20 heavy (non-hydrogen) atoms. The van der Waals surface area contributed by atoms with Crippen molar-refractivity contribution in [3.63, 3.8) is 0 Å². The first-order chi connectivity index (χ1) is 9.52. The lowest BCUT2D eigenvalue weighted by molar-refractivity contribution is 0.445. The summed E-state index contributed by atoms with van der Waals surface area (Å²) in [6.07, 6.45) is 14.1. The molecule has 0 aliphatic rings. The van der Waals surface area contributed by atoms with E-state index in [-0.39, 0.29) is 0 Å². The average molecular weight is 307 g/mol. The van der Waals surface area contributed by atoms with Gasteiger partial charge >= 0.3 is 0 Å². The fraction of sp³-hybridized carbons (Fsp3) is 1.00. The predicted molar refractivity (Wildman–Crippen MR) is 86.7 cm³/mol. The molecule has 0 saturated heterocycles. The van der Waals surface area contributed by atoms with Crippen molar-refractivity contribution in [2.75, 3.05) is 0 Å². The van der Waals surface area contributed by atoms with Gasteiger partial charge < -0.3 is 0 Å². The summed E-state index contributed by atoms with van der Waals surface area (Å²) < 4.78 is 31.7. The summed E-state index contributed by atoms with van der Waals surface area (Å²) in [5.74, 6) is 0. The molecule has 0 radical (unpaired) electrons. The second-order valence-corrected chi connectivity index (χ2v) is 7.59. The van der Waals surface area contributed by atoms with Gasteiger partial charge in [-0.2, -0.15) is 8.42 Å². The summed E-state index contributed by atoms with van der Waals surface area (Å²) >= 11 is 0. The summed E-state index contributed by atoms with van der Waals surface area (Å²) in [6, 6.07) is 0. The maximum absolute atomic E-state index is 11.3. The minimum absolute atomic E-state index is 0.535. The maximum Gasteiger partial charge on any atom is 0.267 e. The summed E-state index contributed by atoms with van der Waals surface area (Å²) in [7, 11) is -3.84. The zero-order valence-corrected chi connectivity index (χ0v) is 14.3. The molecule has 0 rings (SSSR count). The van der Waals surface area contributed by atoms with Gasteiger partial charge in [-0.1, -0.05) is 84.5 Å². The Morgan fingerprint density at radius 2 is 1.10 bits per heavy atom. The monoisotopic (exact) mass is 306 g/mol. The minimum atomic E-state index is -3.84. The lowest BCUT2D eigenvalue weighted by Crippen LogP contribution is -2.20. The van der Waals surface area contributed by atoms with Gasteiger partial charge in [-0.3, -0.25) is 4.55 Å². The van der Waals surface area contributed by atoms with Gasteiger partial charge in [0.15, 0.2) is 0 Å². The van der Waals surface area contributed by atoms with Crippen molar-refractivity contribution in [1.29, 1.82) is 0 Å². The van der Waals surface area contributed by atoms with E-state index in [1.54, 1.807) is 0 Å². The van der Waals surface area contributed by atoms with E-state index in [0.717, 1.165) is 25.7 Å². The molecule has 0 saturated carbocycles. The van der Waals surface area contributed by atoms with Crippen molar-refractivity contribution in [3.05, 3.63) is 0 Å². The molecule has 1 N–H and O–H groups in total. The lowest BCUT2D eigenvalue weighted by atomic mass is 10.0. The summed E-state index contributed by atoms with van der Waals surface area (Å²) in [5.41, 5.74) is 0. The van der Waals surface area contributed by atoms with Crippen LogP contribution < -0.4 is 0 Å². The van der Waals surface area contributed by atoms with Gasteiger partial charge in [0, 0.05) is 0 Å². The molecule has 122 valence electrons. The molecule has 0 aliphatic heterocycles. The first kappa shape index (κ1) is 19.9. The van der Waals surface area contributed by atoms with Crippen molar-refractivity contribution >= 4 is 10.1 Å². The van der Waals surface area contributed by atoms with E-state index in [9.17, 15) is 13.0 Å². The van der Waals surface area contributed by atoms with Crippen molar-refractivity contribution in [3.8, 4) is 0 Å². The molecule has 0 fully saturated rings. The predicted octanol–water partition coefficient (Wildman–Crippen LogP) is 5.35. The van der Waals surface area contributed by atoms with Crippen LogP contribution in [0.2, 0.25) is 0 Å². The van der Waals surface area contributed by atoms with E-state index < -0.39 is 15.4 Å². The Balaban J connectivity index is 3.59. The highest BCUT2D eigenvalue weighted by Gasteiger charge is 2.21. The van der Waals surface area contributed by atoms with Crippen LogP contribution in [0.25, 0.3) is 0 Å². The first-order valence-electron chi connectivity index (χ1n) is 8.48. The Morgan fingerprint density at radius 1 is 0.700 bits per heavy atom. The van der Waals surface area contributed by atoms with Crippen molar-refractivity contribution in [1.82, 2.24) is 0 Å². The van der Waals surface area contributed by atoms with Crippen LogP contribution in [0.3, 0.4) is 0 Å². The van der Waals surface area contributed by atoms with Crippen LogP contribution in [-0.4, -0.2) is 18.2 Å². The number of unbranched alkanes of at least 4 members (excludes halogenated alkanes) is 9. The normalized spacial score (nSPS) is 13.6. The van der Waals surface area contributed by atoms with Crippen LogP contribution in [0.15, 0.2) is 0 Å². The van der Waals surface area contributed by atoms with Crippen LogP contribution >= 0.6 is 0 Å². The minimum Gasteiger partial charge on any atom is -0.285 e. The summed E-state index contributed by atoms with van der Waals surface area (Å²) in [4.78, 5) is 0. The largest absolute Gasteiger partial charge is 0.285 e. The summed E-state index contributed by atoms with van der Waals surface area (Å²) in [5, 5.41) is -0.535. The van der Waals surface area contributed by atoms with Crippen LogP contribution in [0.5, 0.6) is 0 Å². The van der Waals surface area contributed by atoms with Crippen molar-refractivity contribution in [2.45, 2.75) is 103 Å². The highest BCUT2D eigenvalue weighted by atomic mass is 32.2. The third-order valence-electron chi connectivity index (χ3n) is 3.93. The fourth-order valence-corrected chi connectivity index (χ4v) is 3.49. The lowest BCUT2D eigenvalue weighted by Gasteiger charge is -2.13. The number of rotatable bonds is 14. The SMILES string of the molecule is CCCCCCCCCCCC(CCCC)S(=O)(=O)O. The van der Waals surface area contributed by atoms with Crippen LogP contribution in [0.1, 0.15) is 97.3 Å². The smallest absolute Gasteiger partial charge is 0.267 e. The third kappa shape index (κ3) is 11.7. The molecule has 0 aromatic heterocycles. The zero-order chi connectivity index (χ0) is 15.3. The van der Waals surface area contributed by atoms with Crippen LogP contribution in [0.4, 0.5) is 0 Å². The highest BCUT2D eigenvalue weighted by Crippen LogP contribution is 2.18. The van der Waals surface area contributed by atoms with Crippen molar-refractivity contribution < 1.29 is 13.0 Å². The quantitative estimate of drug-likeness (QED) is 0.347. The molecule has 0 aromatic rings. The highest BCUT2D eigenvalue weighted by molar-refractivity contribution is 7.86. The second kappa shape index (κ2) is 12.6. The molecule has 0 aromatic carbocycles. The second-order valence-electron chi connectivity index (χ2n) is 5.90. The third-order valence-corrected chi connectivity index (χ3v) is 5.24. The van der Waals surface area contributed by atoms with Gasteiger partial charge in [0.2, 0.25) is 0 Å². The van der Waals surface area contributed by atoms with E-state index in [1.165, 1.54) is 44.9 Å². The molecular weight excluding hydrogens is 272 g/mol. The Hall–Kier alpha value is -0.0900. The van der Waals surface area contributed by atoms with Gasteiger partial charge in [-0.05, 0) is 12.8 Å². The summed E-state index contributed by atoms with van der Waals surface area (Å²) in [6.45, 7) is 4.27. The Labute approximate surface area is 126 Å². The Bertz CT molecular complexity index is 299. The molecule has 1 unspecified atom stereocenters. The Kier molecular flexibility index (Phi) is 12.6. The molecule has 0 amide bonds. The van der Waals surface area contributed by atoms with Gasteiger partial charge in [0.05, 0.1) is 5.25 Å². The molecule has 0 spiro atoms. The molecular formula is C16H34O3S. The van der Waals surface area contributed by atoms with Gasteiger partial charge in [0.25, 0.3) is 10.1 Å². The maximum atomic E-state index is 11.3.